The summed E-state index contributed by atoms with van der Waals surface area (Å²) in [7, 11) is 0. The minimum atomic E-state index is -0.242. The smallest absolute Gasteiger partial charge is 0.302 e. The molecule has 1 N–H and O–H groups in total. The van der Waals surface area contributed by atoms with Crippen molar-refractivity contribution in [2.45, 2.75) is 26.7 Å². The van der Waals surface area contributed by atoms with Gasteiger partial charge in [-0.15, -0.1) is 0 Å². The van der Waals surface area contributed by atoms with E-state index in [9.17, 15) is 9.59 Å². The highest BCUT2D eigenvalue weighted by Crippen LogP contribution is 2.01. The molecule has 0 atom stereocenters. The monoisotopic (exact) mass is 373 g/mol. The second-order valence-electron chi connectivity index (χ2n) is 6.39. The number of amides is 1. The lowest BCUT2D eigenvalue weighted by molar-refractivity contribution is -0.141. The molecule has 0 bridgehead atoms. The maximum atomic E-state index is 11.9. The molecule has 1 aliphatic heterocycles. The molecule has 1 amide bonds. The van der Waals surface area contributed by atoms with Crippen molar-refractivity contribution in [2.75, 3.05) is 78.8 Å². The molecular formula is C18H35N3O5. The van der Waals surface area contributed by atoms with Crippen molar-refractivity contribution in [3.05, 3.63) is 0 Å². The Morgan fingerprint density at radius 1 is 0.923 bits per heavy atom. The van der Waals surface area contributed by atoms with Crippen molar-refractivity contribution in [1.29, 1.82) is 0 Å². The normalized spacial score (nSPS) is 15.8. The summed E-state index contributed by atoms with van der Waals surface area (Å²) >= 11 is 0. The number of hydrogen-bond donors (Lipinski definition) is 1. The lowest BCUT2D eigenvalue weighted by Gasteiger charge is -2.34. The highest BCUT2D eigenvalue weighted by atomic mass is 16.5. The van der Waals surface area contributed by atoms with Crippen LogP contribution >= 0.6 is 0 Å². The first-order chi connectivity index (χ1) is 12.6. The van der Waals surface area contributed by atoms with Crippen LogP contribution in [0.1, 0.15) is 26.7 Å². The van der Waals surface area contributed by atoms with E-state index >= 15 is 0 Å². The van der Waals surface area contributed by atoms with Gasteiger partial charge in [-0.25, -0.2) is 0 Å². The van der Waals surface area contributed by atoms with Crippen molar-refractivity contribution in [1.82, 2.24) is 15.1 Å². The molecule has 152 valence electrons. The predicted molar refractivity (Wildman–Crippen MR) is 99.1 cm³/mol. The summed E-state index contributed by atoms with van der Waals surface area (Å²) in [5.74, 6) is -0.213. The number of hydrogen-bond acceptors (Lipinski definition) is 7. The summed E-state index contributed by atoms with van der Waals surface area (Å²) in [5.41, 5.74) is 0. The van der Waals surface area contributed by atoms with E-state index in [-0.39, 0.29) is 11.9 Å². The molecule has 0 aromatic carbocycles. The Labute approximate surface area is 157 Å². The lowest BCUT2D eigenvalue weighted by Crippen LogP contribution is -2.50. The van der Waals surface area contributed by atoms with Crippen LogP contribution in [-0.4, -0.2) is 101 Å². The van der Waals surface area contributed by atoms with Gasteiger partial charge in [0.15, 0.2) is 0 Å². The largest absolute Gasteiger partial charge is 0.465 e. The lowest BCUT2D eigenvalue weighted by atomic mass is 10.3. The standard InChI is InChI=1S/C18H35N3O5/c1-3-4-11-24-14-15-25-12-5-19-18(23)16-21-8-6-20(7-9-21)10-13-26-17(2)22/h3-16H2,1-2H3,(H,19,23). The number of piperazine rings is 1. The predicted octanol–water partition coefficient (Wildman–Crippen LogP) is 0.117. The number of rotatable bonds is 14. The van der Waals surface area contributed by atoms with E-state index in [4.69, 9.17) is 14.2 Å². The first kappa shape index (κ1) is 22.8. The molecule has 26 heavy (non-hydrogen) atoms. The number of esters is 1. The summed E-state index contributed by atoms with van der Waals surface area (Å²) in [6.45, 7) is 11.6. The van der Waals surface area contributed by atoms with Crippen molar-refractivity contribution in [2.24, 2.45) is 0 Å². The molecule has 0 aliphatic carbocycles. The number of carbonyl (C=O) groups excluding carboxylic acids is 2. The highest BCUT2D eigenvalue weighted by molar-refractivity contribution is 5.78. The molecule has 0 unspecified atom stereocenters. The molecule has 1 aliphatic rings. The van der Waals surface area contributed by atoms with Gasteiger partial charge in [-0.05, 0) is 6.42 Å². The fourth-order valence-electron chi connectivity index (χ4n) is 2.58. The Hall–Kier alpha value is -1.22. The Bertz CT molecular complexity index is 387. The second kappa shape index (κ2) is 14.9. The number of ether oxygens (including phenoxy) is 3. The van der Waals surface area contributed by atoms with Gasteiger partial charge < -0.3 is 19.5 Å². The van der Waals surface area contributed by atoms with Crippen molar-refractivity contribution in [3.63, 3.8) is 0 Å². The van der Waals surface area contributed by atoms with Gasteiger partial charge in [-0.2, -0.15) is 0 Å². The third-order valence-corrected chi connectivity index (χ3v) is 4.13. The number of nitrogens with one attached hydrogen (secondary N) is 1. The number of nitrogens with zero attached hydrogens (tertiary/aromatic N) is 2. The molecule has 0 spiro atoms. The third-order valence-electron chi connectivity index (χ3n) is 4.13. The zero-order valence-electron chi connectivity index (χ0n) is 16.3. The maximum absolute atomic E-state index is 11.9. The maximum Gasteiger partial charge on any atom is 0.302 e. The van der Waals surface area contributed by atoms with Crippen LogP contribution in [0.25, 0.3) is 0 Å². The minimum Gasteiger partial charge on any atom is -0.465 e. The summed E-state index contributed by atoms with van der Waals surface area (Å²) in [6.07, 6.45) is 2.22. The first-order valence-corrected chi connectivity index (χ1v) is 9.62. The van der Waals surface area contributed by atoms with Crippen LogP contribution in [0.5, 0.6) is 0 Å². The van der Waals surface area contributed by atoms with Crippen molar-refractivity contribution in [3.8, 4) is 0 Å². The van der Waals surface area contributed by atoms with Gasteiger partial charge in [0.25, 0.3) is 0 Å². The molecule has 8 nitrogen and oxygen atoms in total. The van der Waals surface area contributed by atoms with E-state index in [1.54, 1.807) is 0 Å². The molecule has 1 rings (SSSR count). The van der Waals surface area contributed by atoms with Crippen LogP contribution in [0, 0.1) is 0 Å². The Balaban J connectivity index is 1.94. The molecule has 1 fully saturated rings. The summed E-state index contributed by atoms with van der Waals surface area (Å²) in [5, 5.41) is 2.88. The summed E-state index contributed by atoms with van der Waals surface area (Å²) in [6, 6.07) is 0. The zero-order valence-corrected chi connectivity index (χ0v) is 16.3. The zero-order chi connectivity index (χ0) is 19.0. The van der Waals surface area contributed by atoms with Gasteiger partial charge in [-0.3, -0.25) is 19.4 Å². The van der Waals surface area contributed by atoms with Crippen LogP contribution in [0.3, 0.4) is 0 Å². The molecule has 0 saturated carbocycles. The van der Waals surface area contributed by atoms with Gasteiger partial charge >= 0.3 is 5.97 Å². The molecular weight excluding hydrogens is 338 g/mol. The second-order valence-corrected chi connectivity index (χ2v) is 6.39. The molecule has 1 heterocycles. The van der Waals surface area contributed by atoms with Gasteiger partial charge in [0.05, 0.1) is 26.4 Å². The van der Waals surface area contributed by atoms with Crippen LogP contribution < -0.4 is 5.32 Å². The molecule has 8 heteroatoms. The minimum absolute atomic E-state index is 0.0289. The SMILES string of the molecule is CCCCOCCOCCNC(=O)CN1CCN(CCOC(C)=O)CC1. The van der Waals surface area contributed by atoms with Gasteiger partial charge in [-0.1, -0.05) is 13.3 Å². The number of unbranched alkanes of at least 4 members (excludes halogenated alkanes) is 1. The fraction of sp³-hybridized carbons (Fsp3) is 0.889. The molecule has 1 saturated heterocycles. The quantitative estimate of drug-likeness (QED) is 0.342. The van der Waals surface area contributed by atoms with Gasteiger partial charge in [0, 0.05) is 52.8 Å². The van der Waals surface area contributed by atoms with E-state index in [0.29, 0.717) is 39.5 Å². The average molecular weight is 373 g/mol. The van der Waals surface area contributed by atoms with Crippen molar-refractivity contribution < 1.29 is 23.8 Å². The summed E-state index contributed by atoms with van der Waals surface area (Å²) < 4.78 is 15.8. The third kappa shape index (κ3) is 12.2. The average Bonchev–Trinajstić information content (AvgIpc) is 2.61. The highest BCUT2D eigenvalue weighted by Gasteiger charge is 2.18. The van der Waals surface area contributed by atoms with Gasteiger partial charge in [0.2, 0.25) is 5.91 Å². The van der Waals surface area contributed by atoms with E-state index in [0.717, 1.165) is 52.2 Å². The van der Waals surface area contributed by atoms with E-state index < -0.39 is 0 Å². The molecule has 0 radical (unpaired) electrons. The Morgan fingerprint density at radius 2 is 1.58 bits per heavy atom. The number of carbonyl (C=O) groups is 2. The van der Waals surface area contributed by atoms with Crippen molar-refractivity contribution >= 4 is 11.9 Å². The Kier molecular flexibility index (Phi) is 13.1. The van der Waals surface area contributed by atoms with E-state index in [1.807, 2.05) is 0 Å². The Morgan fingerprint density at radius 3 is 2.23 bits per heavy atom. The van der Waals surface area contributed by atoms with Crippen LogP contribution in [0.2, 0.25) is 0 Å². The topological polar surface area (TPSA) is 80.3 Å². The molecule has 0 aromatic heterocycles. The molecule has 0 aromatic rings. The van der Waals surface area contributed by atoms with Crippen LogP contribution in [0.15, 0.2) is 0 Å². The van der Waals surface area contributed by atoms with Crippen LogP contribution in [-0.2, 0) is 23.8 Å². The van der Waals surface area contributed by atoms with E-state index in [1.165, 1.54) is 6.92 Å². The van der Waals surface area contributed by atoms with E-state index in [2.05, 4.69) is 22.0 Å². The summed E-state index contributed by atoms with van der Waals surface area (Å²) in [4.78, 5) is 27.1. The van der Waals surface area contributed by atoms with Crippen LogP contribution in [0.4, 0.5) is 0 Å². The first-order valence-electron chi connectivity index (χ1n) is 9.62. The fourth-order valence-corrected chi connectivity index (χ4v) is 2.58. The van der Waals surface area contributed by atoms with Gasteiger partial charge in [0.1, 0.15) is 6.61 Å².